The molecule has 4 bridgehead atoms. The third-order valence-corrected chi connectivity index (χ3v) is 15.8. The maximum atomic E-state index is 14.2. The fourth-order valence-corrected chi connectivity index (χ4v) is 12.5. The van der Waals surface area contributed by atoms with Crippen molar-refractivity contribution >= 4 is 27.0 Å². The number of fused-ring (bicyclic) bond motifs is 9. The Hall–Kier alpha value is -3.03. The van der Waals surface area contributed by atoms with E-state index in [1.165, 1.54) is 37.8 Å². The molecule has 1 N–H and O–H groups in total. The topological polar surface area (TPSA) is 108 Å². The van der Waals surface area contributed by atoms with Crippen molar-refractivity contribution in [3.05, 3.63) is 78.4 Å². The summed E-state index contributed by atoms with van der Waals surface area (Å²) in [5.74, 6) is 3.80. The first-order valence-electron chi connectivity index (χ1n) is 18.6. The van der Waals surface area contributed by atoms with Crippen LogP contribution >= 0.6 is 0 Å². The Bertz CT molecular complexity index is 1940. The molecule has 0 spiro atoms. The van der Waals surface area contributed by atoms with E-state index in [9.17, 15) is 22.0 Å². The van der Waals surface area contributed by atoms with Crippen LogP contribution in [0.15, 0.2) is 87.5 Å². The fraction of sp³-hybridized carbons (Fsp3) is 0.537. The van der Waals surface area contributed by atoms with Crippen LogP contribution in [0.3, 0.4) is 0 Å². The summed E-state index contributed by atoms with van der Waals surface area (Å²) in [5.41, 5.74) is 0.787. The van der Waals surface area contributed by atoms with Crippen LogP contribution in [0.5, 0.6) is 11.5 Å². The molecule has 8 rings (SSSR count). The summed E-state index contributed by atoms with van der Waals surface area (Å²) in [4.78, 5) is 16.3. The van der Waals surface area contributed by atoms with Gasteiger partial charge in [-0.15, -0.1) is 0 Å². The van der Waals surface area contributed by atoms with Gasteiger partial charge in [-0.1, -0.05) is 13.8 Å². The van der Waals surface area contributed by atoms with Crippen molar-refractivity contribution in [2.24, 2.45) is 46.8 Å². The first-order chi connectivity index (χ1) is 25.0. The number of alkyl halides is 2. The molecule has 3 aromatic carbocycles. The largest absolute Gasteiger partial charge is 0.483 e. The summed E-state index contributed by atoms with van der Waals surface area (Å²) in [6.45, 7) is 8.09. The van der Waals surface area contributed by atoms with Crippen LogP contribution in [-0.2, 0) is 41.1 Å². The van der Waals surface area contributed by atoms with Gasteiger partial charge in [0.2, 0.25) is 0 Å². The molecule has 0 amide bonds. The molecule has 8 nitrogen and oxygen atoms in total. The molecule has 12 heteroatoms. The molecule has 4 aliphatic carbocycles. The van der Waals surface area contributed by atoms with Crippen molar-refractivity contribution in [2.75, 3.05) is 13.2 Å². The number of hydrogen-bond donors (Lipinski definition) is 1. The minimum absolute atomic E-state index is 0.0190. The Morgan fingerprint density at radius 2 is 1.34 bits per heavy atom. The van der Waals surface area contributed by atoms with E-state index in [1.54, 1.807) is 12.1 Å². The van der Waals surface area contributed by atoms with Crippen molar-refractivity contribution in [1.82, 2.24) is 0 Å². The summed E-state index contributed by atoms with van der Waals surface area (Å²) in [6.07, 6.45) is 4.04. The van der Waals surface area contributed by atoms with Crippen LogP contribution in [0.2, 0.25) is 0 Å². The maximum absolute atomic E-state index is 14.2. The Labute approximate surface area is 313 Å². The van der Waals surface area contributed by atoms with E-state index >= 15 is 0 Å². The summed E-state index contributed by atoms with van der Waals surface area (Å²) in [7, 11) is -6.36. The molecule has 5 aliphatic rings. The van der Waals surface area contributed by atoms with E-state index in [1.807, 2.05) is 55.5 Å². The van der Waals surface area contributed by atoms with Crippen molar-refractivity contribution < 1.29 is 45.5 Å². The second-order valence-corrected chi connectivity index (χ2v) is 20.2. The molecule has 284 valence electrons. The fourth-order valence-electron chi connectivity index (χ4n) is 10.0. The number of carbonyl (C=O) groups excluding carboxylic acids is 1. The summed E-state index contributed by atoms with van der Waals surface area (Å²) >= 11 is 0. The molecular weight excluding hydrogens is 723 g/mol. The lowest BCUT2D eigenvalue weighted by molar-refractivity contribution is -0.298. The van der Waals surface area contributed by atoms with Crippen LogP contribution in [0, 0.1) is 46.8 Å². The van der Waals surface area contributed by atoms with E-state index in [0.29, 0.717) is 36.7 Å². The number of halogens is 2. The first kappa shape index (κ1) is 36.9. The highest BCUT2D eigenvalue weighted by molar-refractivity contribution is 7.97. The molecule has 0 radical (unpaired) electrons. The van der Waals surface area contributed by atoms with Crippen molar-refractivity contribution in [2.45, 2.75) is 91.6 Å². The van der Waals surface area contributed by atoms with E-state index in [4.69, 9.17) is 23.5 Å². The van der Waals surface area contributed by atoms with Gasteiger partial charge >= 0.3 is 21.3 Å². The Morgan fingerprint density at radius 3 is 1.91 bits per heavy atom. The minimum atomic E-state index is -5.67. The standard InChI is InChI=1S/C41H46F2O8S2/c1-24(41(42,43)53(45,46)47)50-29-9-15-32(16-10-29)52(31-13-7-28(8-14-31)40(4)48-22-39(2,3)23-49-40)33-17-11-30(12-18-33)51-38(44)35-21-27-20-34(35)37-26-6-5-25(19-26)36(27)37/h7-18,24-27,34-37H,5-6,19-23H2,1-4H3/p+1. The van der Waals surface area contributed by atoms with Gasteiger partial charge in [0, 0.05) is 11.0 Å². The molecule has 1 heterocycles. The molecule has 3 aromatic rings. The second kappa shape index (κ2) is 13.3. The zero-order valence-corrected chi connectivity index (χ0v) is 32.0. The third-order valence-electron chi connectivity index (χ3n) is 12.6. The molecule has 53 heavy (non-hydrogen) atoms. The van der Waals surface area contributed by atoms with Crippen LogP contribution in [-0.4, -0.2) is 43.5 Å². The quantitative estimate of drug-likeness (QED) is 0.0720. The molecule has 9 unspecified atom stereocenters. The van der Waals surface area contributed by atoms with Gasteiger partial charge in [0.05, 0.1) is 30.0 Å². The zero-order valence-electron chi connectivity index (χ0n) is 30.4. The van der Waals surface area contributed by atoms with E-state index < -0.39 is 38.2 Å². The van der Waals surface area contributed by atoms with Gasteiger partial charge in [0.15, 0.2) is 26.6 Å². The molecule has 9 atom stereocenters. The molecule has 0 aromatic heterocycles. The minimum Gasteiger partial charge on any atom is -0.483 e. The van der Waals surface area contributed by atoms with Gasteiger partial charge in [-0.2, -0.15) is 17.2 Å². The predicted octanol–water partition coefficient (Wildman–Crippen LogP) is 8.50. The van der Waals surface area contributed by atoms with Crippen molar-refractivity contribution in [3.8, 4) is 11.5 Å². The SMILES string of the molecule is CC(Oc1ccc([S+](c2ccc(OC(=O)C3CC4CC3C3C5CCC(C5)C43)cc2)c2ccc(C3(C)OCC(C)(C)CO3)cc2)cc1)C(F)(F)S(=O)(=O)O. The van der Waals surface area contributed by atoms with Crippen LogP contribution in [0.4, 0.5) is 8.78 Å². The average Bonchev–Trinajstić information content (AvgIpc) is 3.93. The lowest BCUT2D eigenvalue weighted by atomic mass is 9.67. The van der Waals surface area contributed by atoms with Crippen LogP contribution in [0.1, 0.15) is 65.4 Å². The number of rotatable bonds is 10. The number of benzene rings is 3. The van der Waals surface area contributed by atoms with Crippen LogP contribution < -0.4 is 9.47 Å². The molecule has 1 aliphatic heterocycles. The van der Waals surface area contributed by atoms with Gasteiger partial charge in [-0.05, 0) is 154 Å². The smallest absolute Gasteiger partial charge is 0.405 e. The molecule has 4 saturated carbocycles. The average molecular weight is 770 g/mol. The van der Waals surface area contributed by atoms with Crippen molar-refractivity contribution in [1.29, 1.82) is 0 Å². The van der Waals surface area contributed by atoms with Gasteiger partial charge in [-0.25, -0.2) is 0 Å². The third kappa shape index (κ3) is 6.70. The highest BCUT2D eigenvalue weighted by Gasteiger charge is 2.63. The summed E-state index contributed by atoms with van der Waals surface area (Å²) < 4.78 is 83.5. The lowest BCUT2D eigenvalue weighted by Crippen LogP contribution is -2.43. The normalized spacial score (nSPS) is 30.8. The van der Waals surface area contributed by atoms with Gasteiger partial charge in [-0.3, -0.25) is 9.35 Å². The highest BCUT2D eigenvalue weighted by atomic mass is 32.2. The van der Waals surface area contributed by atoms with Gasteiger partial charge in [0.1, 0.15) is 11.5 Å². The maximum Gasteiger partial charge on any atom is 0.405 e. The van der Waals surface area contributed by atoms with Crippen LogP contribution in [0.25, 0.3) is 0 Å². The van der Waals surface area contributed by atoms with Gasteiger partial charge < -0.3 is 18.9 Å². The predicted molar refractivity (Wildman–Crippen MR) is 194 cm³/mol. The summed E-state index contributed by atoms with van der Waals surface area (Å²) in [6, 6.07) is 22.0. The highest BCUT2D eigenvalue weighted by Crippen LogP contribution is 2.68. The number of carbonyl (C=O) groups is 1. The molecular formula is C41H47F2O8S2+. The Morgan fingerprint density at radius 1 is 0.811 bits per heavy atom. The first-order valence-corrected chi connectivity index (χ1v) is 21.3. The number of hydrogen-bond acceptors (Lipinski definition) is 7. The zero-order chi connectivity index (χ0) is 37.5. The second-order valence-electron chi connectivity index (χ2n) is 16.7. The van der Waals surface area contributed by atoms with Crippen molar-refractivity contribution in [3.63, 3.8) is 0 Å². The van der Waals surface area contributed by atoms with E-state index in [2.05, 4.69) is 13.8 Å². The Balaban J connectivity index is 1.03. The summed E-state index contributed by atoms with van der Waals surface area (Å²) in [5, 5.41) is -4.49. The van der Waals surface area contributed by atoms with E-state index in [0.717, 1.165) is 51.3 Å². The monoisotopic (exact) mass is 769 g/mol. The van der Waals surface area contributed by atoms with E-state index in [-0.39, 0.29) is 23.1 Å². The van der Waals surface area contributed by atoms with Gasteiger partial charge in [0.25, 0.3) is 0 Å². The lowest BCUT2D eigenvalue weighted by Gasteiger charge is -2.41. The number of esters is 1. The molecule has 5 fully saturated rings. The Kier molecular flexibility index (Phi) is 9.28. The molecule has 1 saturated heterocycles. The number of ether oxygens (including phenoxy) is 4.